The van der Waals surface area contributed by atoms with Crippen molar-refractivity contribution >= 4 is 29.2 Å². The Kier molecular flexibility index (Phi) is 3.87. The number of rotatable bonds is 3. The van der Waals surface area contributed by atoms with E-state index in [0.29, 0.717) is 5.56 Å². The molecule has 19 heavy (non-hydrogen) atoms. The van der Waals surface area contributed by atoms with Crippen molar-refractivity contribution in [2.24, 2.45) is 0 Å². The van der Waals surface area contributed by atoms with Gasteiger partial charge in [-0.2, -0.15) is 0 Å². The molecular weight excluding hydrogens is 291 g/mol. The first-order chi connectivity index (χ1) is 8.99. The minimum Gasteiger partial charge on any atom is -0.478 e. The summed E-state index contributed by atoms with van der Waals surface area (Å²) in [5.41, 5.74) is 0.688. The van der Waals surface area contributed by atoms with E-state index >= 15 is 0 Å². The molecule has 1 aromatic carbocycles. The van der Waals surface area contributed by atoms with E-state index in [9.17, 15) is 4.79 Å². The maximum atomic E-state index is 11.1. The molecule has 0 atom stereocenters. The summed E-state index contributed by atoms with van der Waals surface area (Å²) in [5, 5.41) is 16.4. The third-order valence-electron chi connectivity index (χ3n) is 2.34. The molecule has 0 aliphatic heterocycles. The van der Waals surface area contributed by atoms with E-state index in [2.05, 4.69) is 10.2 Å². The zero-order valence-corrected chi connectivity index (χ0v) is 11.2. The number of hydrogen-bond acceptors (Lipinski definition) is 4. The van der Waals surface area contributed by atoms with E-state index in [4.69, 9.17) is 33.0 Å². The molecule has 0 amide bonds. The first kappa shape index (κ1) is 13.6. The van der Waals surface area contributed by atoms with Gasteiger partial charge in [0.15, 0.2) is 16.1 Å². The van der Waals surface area contributed by atoms with Crippen LogP contribution in [0.2, 0.25) is 10.3 Å². The number of benzene rings is 1. The molecule has 98 valence electrons. The molecule has 2 rings (SSSR count). The van der Waals surface area contributed by atoms with Gasteiger partial charge in [-0.3, -0.25) is 0 Å². The highest BCUT2D eigenvalue weighted by Crippen LogP contribution is 2.33. The Morgan fingerprint density at radius 2 is 2.05 bits per heavy atom. The summed E-state index contributed by atoms with van der Waals surface area (Å²) >= 11 is 11.5. The SMILES string of the molecule is Cc1cccc(C(=O)O)c1Oc1cc(Cl)nnc1Cl. The Morgan fingerprint density at radius 1 is 1.32 bits per heavy atom. The molecule has 2 aromatic rings. The quantitative estimate of drug-likeness (QED) is 0.937. The van der Waals surface area contributed by atoms with Crippen molar-refractivity contribution < 1.29 is 14.6 Å². The minimum atomic E-state index is -1.09. The molecule has 5 nitrogen and oxygen atoms in total. The molecule has 0 saturated heterocycles. The van der Waals surface area contributed by atoms with Crippen molar-refractivity contribution in [1.29, 1.82) is 0 Å². The largest absolute Gasteiger partial charge is 0.478 e. The van der Waals surface area contributed by atoms with Crippen molar-refractivity contribution in [2.75, 3.05) is 0 Å². The van der Waals surface area contributed by atoms with E-state index in [0.717, 1.165) is 0 Å². The molecule has 7 heteroatoms. The molecule has 1 N–H and O–H groups in total. The molecule has 0 fully saturated rings. The minimum absolute atomic E-state index is 0.00370. The van der Waals surface area contributed by atoms with E-state index in [1.54, 1.807) is 19.1 Å². The summed E-state index contributed by atoms with van der Waals surface area (Å²) in [6.07, 6.45) is 0. The molecule has 0 bridgehead atoms. The van der Waals surface area contributed by atoms with Crippen LogP contribution in [0.1, 0.15) is 15.9 Å². The Hall–Kier alpha value is -1.85. The van der Waals surface area contributed by atoms with Crippen LogP contribution in [0.3, 0.4) is 0 Å². The fourth-order valence-electron chi connectivity index (χ4n) is 1.48. The number of carboxylic acids is 1. The highest BCUT2D eigenvalue weighted by Gasteiger charge is 2.16. The molecule has 1 heterocycles. The molecule has 0 aliphatic carbocycles. The maximum absolute atomic E-state index is 11.1. The summed E-state index contributed by atoms with van der Waals surface area (Å²) in [6, 6.07) is 6.17. The first-order valence-electron chi connectivity index (χ1n) is 5.18. The molecule has 0 radical (unpaired) electrons. The van der Waals surface area contributed by atoms with Crippen molar-refractivity contribution in [2.45, 2.75) is 6.92 Å². The van der Waals surface area contributed by atoms with Crippen molar-refractivity contribution in [1.82, 2.24) is 10.2 Å². The lowest BCUT2D eigenvalue weighted by molar-refractivity contribution is 0.0694. The number of carbonyl (C=O) groups is 1. The Balaban J connectivity index is 2.49. The number of aromatic carboxylic acids is 1. The van der Waals surface area contributed by atoms with Crippen LogP contribution in [0, 0.1) is 6.92 Å². The number of aromatic nitrogens is 2. The normalized spacial score (nSPS) is 10.3. The van der Waals surface area contributed by atoms with Crippen LogP contribution in [-0.2, 0) is 0 Å². The van der Waals surface area contributed by atoms with E-state index < -0.39 is 5.97 Å². The summed E-state index contributed by atoms with van der Waals surface area (Å²) in [4.78, 5) is 11.1. The van der Waals surface area contributed by atoms with Crippen LogP contribution >= 0.6 is 23.2 Å². The van der Waals surface area contributed by atoms with Crippen molar-refractivity contribution in [3.63, 3.8) is 0 Å². The predicted molar refractivity (Wildman–Crippen MR) is 70.3 cm³/mol. The van der Waals surface area contributed by atoms with Crippen LogP contribution < -0.4 is 4.74 Å². The third kappa shape index (κ3) is 2.94. The monoisotopic (exact) mass is 298 g/mol. The van der Waals surface area contributed by atoms with Gasteiger partial charge in [-0.05, 0) is 18.6 Å². The fraction of sp³-hybridized carbons (Fsp3) is 0.0833. The number of carboxylic acid groups (broad SMARTS) is 1. The van der Waals surface area contributed by atoms with Gasteiger partial charge in [0, 0.05) is 6.07 Å². The average molecular weight is 299 g/mol. The lowest BCUT2D eigenvalue weighted by Gasteiger charge is -2.11. The maximum Gasteiger partial charge on any atom is 0.339 e. The average Bonchev–Trinajstić information content (AvgIpc) is 2.35. The third-order valence-corrected chi connectivity index (χ3v) is 2.79. The van der Waals surface area contributed by atoms with Gasteiger partial charge in [-0.1, -0.05) is 35.3 Å². The van der Waals surface area contributed by atoms with Gasteiger partial charge < -0.3 is 9.84 Å². The zero-order chi connectivity index (χ0) is 14.0. The van der Waals surface area contributed by atoms with Gasteiger partial charge in [0.25, 0.3) is 0 Å². The molecular formula is C12H8Cl2N2O3. The van der Waals surface area contributed by atoms with Gasteiger partial charge >= 0.3 is 5.97 Å². The predicted octanol–water partition coefficient (Wildman–Crippen LogP) is 3.58. The molecule has 1 aromatic heterocycles. The van der Waals surface area contributed by atoms with Gasteiger partial charge in [0.05, 0.1) is 0 Å². The fourth-order valence-corrected chi connectivity index (χ4v) is 1.74. The van der Waals surface area contributed by atoms with Crippen LogP contribution in [0.15, 0.2) is 24.3 Å². The van der Waals surface area contributed by atoms with Crippen LogP contribution in [0.4, 0.5) is 0 Å². The van der Waals surface area contributed by atoms with Crippen molar-refractivity contribution in [3.8, 4) is 11.5 Å². The van der Waals surface area contributed by atoms with Gasteiger partial charge in [-0.15, -0.1) is 10.2 Å². The molecule has 0 unspecified atom stereocenters. The molecule has 0 spiro atoms. The summed E-state index contributed by atoms with van der Waals surface area (Å²) in [6.45, 7) is 1.73. The Bertz CT molecular complexity index is 647. The lowest BCUT2D eigenvalue weighted by Crippen LogP contribution is -2.02. The Morgan fingerprint density at radius 3 is 2.74 bits per heavy atom. The van der Waals surface area contributed by atoms with Crippen LogP contribution in [0.25, 0.3) is 0 Å². The number of hydrogen-bond donors (Lipinski definition) is 1. The zero-order valence-electron chi connectivity index (χ0n) is 9.72. The first-order valence-corrected chi connectivity index (χ1v) is 5.94. The smallest absolute Gasteiger partial charge is 0.339 e. The summed E-state index contributed by atoms with van der Waals surface area (Å²) in [7, 11) is 0. The number of ether oxygens (including phenoxy) is 1. The van der Waals surface area contributed by atoms with Gasteiger partial charge in [-0.25, -0.2) is 4.79 Å². The van der Waals surface area contributed by atoms with E-state index in [1.807, 2.05) is 0 Å². The number of halogens is 2. The topological polar surface area (TPSA) is 72.3 Å². The molecule has 0 aliphatic rings. The summed E-state index contributed by atoms with van der Waals surface area (Å²) < 4.78 is 5.51. The Labute approximate surface area is 118 Å². The second kappa shape index (κ2) is 5.42. The second-order valence-electron chi connectivity index (χ2n) is 3.68. The van der Waals surface area contributed by atoms with Crippen molar-refractivity contribution in [3.05, 3.63) is 45.7 Å². The highest BCUT2D eigenvalue weighted by atomic mass is 35.5. The highest BCUT2D eigenvalue weighted by molar-refractivity contribution is 6.32. The van der Waals surface area contributed by atoms with Gasteiger partial charge in [0.1, 0.15) is 11.3 Å². The number of aryl methyl sites for hydroxylation is 1. The second-order valence-corrected chi connectivity index (χ2v) is 4.43. The van der Waals surface area contributed by atoms with Gasteiger partial charge in [0.2, 0.25) is 0 Å². The van der Waals surface area contributed by atoms with Crippen LogP contribution in [0.5, 0.6) is 11.5 Å². The number of para-hydroxylation sites is 1. The van der Waals surface area contributed by atoms with Crippen LogP contribution in [-0.4, -0.2) is 21.3 Å². The lowest BCUT2D eigenvalue weighted by atomic mass is 10.1. The number of nitrogens with zero attached hydrogens (tertiary/aromatic N) is 2. The summed E-state index contributed by atoms with van der Waals surface area (Å²) in [5.74, 6) is -0.748. The molecule has 0 saturated carbocycles. The standard InChI is InChI=1S/C12H8Cl2N2O3/c1-6-3-2-4-7(12(17)18)10(6)19-8-5-9(13)15-16-11(8)14/h2-5H,1H3,(H,17,18). The van der Waals surface area contributed by atoms with E-state index in [-0.39, 0.29) is 27.4 Å². The van der Waals surface area contributed by atoms with E-state index in [1.165, 1.54) is 12.1 Å².